The van der Waals surface area contributed by atoms with Crippen LogP contribution in [0.2, 0.25) is 0 Å². The molecule has 3 N–H and O–H groups in total. The summed E-state index contributed by atoms with van der Waals surface area (Å²) in [4.78, 5) is 25.4. The fourth-order valence-corrected chi connectivity index (χ4v) is 3.51. The molecule has 164 valence electrons. The molecule has 2 aromatic carbocycles. The number of anilines is 2. The summed E-state index contributed by atoms with van der Waals surface area (Å²) in [6.07, 6.45) is 0.446. The first-order chi connectivity index (χ1) is 16.1. The molecular formula is C25H22N6O2. The van der Waals surface area contributed by atoms with Gasteiger partial charge in [-0.15, -0.1) is 0 Å². The first-order valence-electron chi connectivity index (χ1n) is 10.6. The van der Waals surface area contributed by atoms with Crippen molar-refractivity contribution in [2.24, 2.45) is 0 Å². The first-order valence-corrected chi connectivity index (χ1v) is 10.6. The second-order valence-electron chi connectivity index (χ2n) is 7.31. The van der Waals surface area contributed by atoms with Crippen LogP contribution in [0.15, 0.2) is 60.7 Å². The summed E-state index contributed by atoms with van der Waals surface area (Å²) in [6, 6.07) is 20.6. The quantitative estimate of drug-likeness (QED) is 0.347. The van der Waals surface area contributed by atoms with Crippen molar-refractivity contribution >= 4 is 28.6 Å². The average molecular weight is 438 g/mol. The van der Waals surface area contributed by atoms with Crippen LogP contribution in [-0.4, -0.2) is 39.1 Å². The van der Waals surface area contributed by atoms with Gasteiger partial charge in [0.15, 0.2) is 0 Å². The SMILES string of the molecule is CCc1nc(NCCNc2ccc3ccccc3n2)nc(-c2ccc(C#N)cc2)c1C(=O)O. The largest absolute Gasteiger partial charge is 0.478 e. The molecule has 0 atom stereocenters. The number of carboxylic acid groups (broad SMARTS) is 1. The average Bonchev–Trinajstić information content (AvgIpc) is 2.85. The highest BCUT2D eigenvalue weighted by atomic mass is 16.4. The fraction of sp³-hybridized carbons (Fsp3) is 0.160. The Kier molecular flexibility index (Phi) is 6.41. The molecule has 0 aliphatic rings. The number of carboxylic acids is 1. The Morgan fingerprint density at radius 2 is 1.73 bits per heavy atom. The monoisotopic (exact) mass is 438 g/mol. The van der Waals surface area contributed by atoms with Crippen LogP contribution in [0, 0.1) is 11.3 Å². The van der Waals surface area contributed by atoms with Crippen molar-refractivity contribution in [1.82, 2.24) is 15.0 Å². The van der Waals surface area contributed by atoms with E-state index in [-0.39, 0.29) is 5.56 Å². The number of aromatic carboxylic acids is 1. The number of nitriles is 1. The number of carbonyl (C=O) groups is 1. The molecule has 4 aromatic rings. The minimum Gasteiger partial charge on any atom is -0.478 e. The zero-order chi connectivity index (χ0) is 23.2. The molecule has 0 unspecified atom stereocenters. The maximum atomic E-state index is 11.9. The normalized spacial score (nSPS) is 10.5. The molecule has 0 aliphatic heterocycles. The minimum absolute atomic E-state index is 0.0752. The topological polar surface area (TPSA) is 124 Å². The number of fused-ring (bicyclic) bond motifs is 1. The Bertz CT molecular complexity index is 1350. The van der Waals surface area contributed by atoms with Crippen molar-refractivity contribution in [3.8, 4) is 17.3 Å². The van der Waals surface area contributed by atoms with E-state index >= 15 is 0 Å². The van der Waals surface area contributed by atoms with Gasteiger partial charge in [-0.25, -0.2) is 19.7 Å². The van der Waals surface area contributed by atoms with Gasteiger partial charge < -0.3 is 15.7 Å². The number of aryl methyl sites for hydroxylation is 1. The maximum absolute atomic E-state index is 11.9. The van der Waals surface area contributed by atoms with E-state index in [0.29, 0.717) is 48.0 Å². The van der Waals surface area contributed by atoms with Crippen LogP contribution in [0.4, 0.5) is 11.8 Å². The van der Waals surface area contributed by atoms with Gasteiger partial charge in [0.2, 0.25) is 5.95 Å². The van der Waals surface area contributed by atoms with Crippen LogP contribution in [-0.2, 0) is 6.42 Å². The highest BCUT2D eigenvalue weighted by molar-refractivity contribution is 5.96. The van der Waals surface area contributed by atoms with Crippen LogP contribution in [0.3, 0.4) is 0 Å². The first kappa shape index (κ1) is 21.7. The third kappa shape index (κ3) is 4.88. The van der Waals surface area contributed by atoms with E-state index in [9.17, 15) is 9.90 Å². The molecule has 0 saturated carbocycles. The van der Waals surface area contributed by atoms with Gasteiger partial charge >= 0.3 is 5.97 Å². The van der Waals surface area contributed by atoms with E-state index in [4.69, 9.17) is 5.26 Å². The Morgan fingerprint density at radius 1 is 0.970 bits per heavy atom. The summed E-state index contributed by atoms with van der Waals surface area (Å²) in [7, 11) is 0. The van der Waals surface area contributed by atoms with Gasteiger partial charge in [0, 0.05) is 24.0 Å². The second kappa shape index (κ2) is 9.75. The number of nitrogens with one attached hydrogen (secondary N) is 2. The van der Waals surface area contributed by atoms with E-state index in [1.54, 1.807) is 24.3 Å². The second-order valence-corrected chi connectivity index (χ2v) is 7.31. The predicted molar refractivity (Wildman–Crippen MR) is 127 cm³/mol. The number of hydrogen-bond acceptors (Lipinski definition) is 7. The van der Waals surface area contributed by atoms with Crippen LogP contribution in [0.5, 0.6) is 0 Å². The zero-order valence-corrected chi connectivity index (χ0v) is 18.0. The molecule has 2 aromatic heterocycles. The Hall–Kier alpha value is -4.51. The number of nitrogens with zero attached hydrogens (tertiary/aromatic N) is 4. The number of para-hydroxylation sites is 1. The summed E-state index contributed by atoms with van der Waals surface area (Å²) in [5.74, 6) is 0.0384. The smallest absolute Gasteiger partial charge is 0.339 e. The molecule has 0 spiro atoms. The van der Waals surface area contributed by atoms with Crippen molar-refractivity contribution in [3.05, 3.63) is 77.5 Å². The molecule has 4 rings (SSSR count). The van der Waals surface area contributed by atoms with E-state index < -0.39 is 5.97 Å². The third-order valence-corrected chi connectivity index (χ3v) is 5.13. The minimum atomic E-state index is -1.08. The van der Waals surface area contributed by atoms with E-state index in [1.165, 1.54) is 0 Å². The van der Waals surface area contributed by atoms with Gasteiger partial charge in [-0.1, -0.05) is 37.3 Å². The maximum Gasteiger partial charge on any atom is 0.339 e. The van der Waals surface area contributed by atoms with E-state index in [0.717, 1.165) is 16.7 Å². The number of aromatic nitrogens is 3. The van der Waals surface area contributed by atoms with E-state index in [2.05, 4.69) is 31.7 Å². The lowest BCUT2D eigenvalue weighted by atomic mass is 10.0. The Morgan fingerprint density at radius 3 is 2.45 bits per heavy atom. The molecule has 0 saturated heterocycles. The number of benzene rings is 2. The molecule has 0 aliphatic carbocycles. The summed E-state index contributed by atoms with van der Waals surface area (Å²) in [5.41, 5.74) is 2.88. The molecule has 0 fully saturated rings. The van der Waals surface area contributed by atoms with Crippen molar-refractivity contribution < 1.29 is 9.90 Å². The standard InChI is InChI=1S/C25H22N6O2/c1-2-19-22(24(32)33)23(18-9-7-16(15-26)8-10-18)31-25(30-19)28-14-13-27-21-12-11-17-5-3-4-6-20(17)29-21/h3-12H,2,13-14H2,1H3,(H,27,29)(H,32,33)(H,28,30,31). The molecule has 8 nitrogen and oxygen atoms in total. The molecule has 0 bridgehead atoms. The van der Waals surface area contributed by atoms with Crippen molar-refractivity contribution in [1.29, 1.82) is 5.26 Å². The number of hydrogen-bond donors (Lipinski definition) is 3. The van der Waals surface area contributed by atoms with Crippen molar-refractivity contribution in [2.45, 2.75) is 13.3 Å². The van der Waals surface area contributed by atoms with Crippen LogP contribution >= 0.6 is 0 Å². The van der Waals surface area contributed by atoms with Gasteiger partial charge in [0.1, 0.15) is 11.4 Å². The number of rotatable bonds is 8. The van der Waals surface area contributed by atoms with Crippen molar-refractivity contribution in [3.63, 3.8) is 0 Å². The van der Waals surface area contributed by atoms with Crippen LogP contribution < -0.4 is 10.6 Å². The molecule has 0 radical (unpaired) electrons. The van der Waals surface area contributed by atoms with Gasteiger partial charge in [-0.2, -0.15) is 5.26 Å². The summed E-state index contributed by atoms with van der Waals surface area (Å²) in [6.45, 7) is 2.94. The summed E-state index contributed by atoms with van der Waals surface area (Å²) < 4.78 is 0. The highest BCUT2D eigenvalue weighted by Gasteiger charge is 2.20. The lowest BCUT2D eigenvalue weighted by Crippen LogP contribution is -2.18. The van der Waals surface area contributed by atoms with Gasteiger partial charge in [0.05, 0.1) is 28.5 Å². The molecule has 0 amide bonds. The fourth-order valence-electron chi connectivity index (χ4n) is 3.51. The molecule has 33 heavy (non-hydrogen) atoms. The van der Waals surface area contributed by atoms with E-state index in [1.807, 2.05) is 43.3 Å². The number of pyridine rings is 1. The highest BCUT2D eigenvalue weighted by Crippen LogP contribution is 2.26. The Balaban J connectivity index is 1.51. The van der Waals surface area contributed by atoms with Gasteiger partial charge in [0.25, 0.3) is 0 Å². The Labute approximate surface area is 191 Å². The van der Waals surface area contributed by atoms with Crippen LogP contribution in [0.25, 0.3) is 22.2 Å². The van der Waals surface area contributed by atoms with Gasteiger partial charge in [-0.05, 0) is 36.8 Å². The third-order valence-electron chi connectivity index (χ3n) is 5.13. The van der Waals surface area contributed by atoms with Crippen LogP contribution in [0.1, 0.15) is 28.5 Å². The van der Waals surface area contributed by atoms with Crippen molar-refractivity contribution in [2.75, 3.05) is 23.7 Å². The molecule has 8 heteroatoms. The van der Waals surface area contributed by atoms with Gasteiger partial charge in [-0.3, -0.25) is 0 Å². The lowest BCUT2D eigenvalue weighted by molar-refractivity contribution is 0.0695. The zero-order valence-electron chi connectivity index (χ0n) is 18.0. The predicted octanol–water partition coefficient (Wildman–Crippen LogP) is 4.35. The molecule has 2 heterocycles. The summed E-state index contributed by atoms with van der Waals surface area (Å²) in [5, 5.41) is 26.3. The summed E-state index contributed by atoms with van der Waals surface area (Å²) >= 11 is 0. The lowest BCUT2D eigenvalue weighted by Gasteiger charge is -2.13. The molecular weight excluding hydrogens is 416 g/mol.